The van der Waals surface area contributed by atoms with Gasteiger partial charge in [-0.05, 0) is 53.0 Å². The molecule has 0 fully saturated rings. The molecule has 4 aromatic rings. The highest BCUT2D eigenvalue weighted by atomic mass is 32.2. The van der Waals surface area contributed by atoms with E-state index < -0.39 is 16.1 Å². The van der Waals surface area contributed by atoms with Crippen LogP contribution < -0.4 is 4.72 Å². The predicted octanol–water partition coefficient (Wildman–Crippen LogP) is 2.04. The second-order valence-electron chi connectivity index (χ2n) is 5.83. The van der Waals surface area contributed by atoms with Gasteiger partial charge in [0, 0.05) is 6.20 Å². The number of hydrogen-bond acceptors (Lipinski definition) is 8. The zero-order valence-corrected chi connectivity index (χ0v) is 15.9. The molecule has 3 aromatic heterocycles. The van der Waals surface area contributed by atoms with Gasteiger partial charge in [-0.3, -0.25) is 4.40 Å². The molecule has 1 N–H and O–H groups in total. The van der Waals surface area contributed by atoms with Crippen molar-refractivity contribution in [1.29, 1.82) is 0 Å². The molecule has 140 valence electrons. The van der Waals surface area contributed by atoms with Crippen molar-refractivity contribution in [1.82, 2.24) is 29.6 Å². The number of rotatable bonds is 7. The van der Waals surface area contributed by atoms with Gasteiger partial charge < -0.3 is 0 Å². The molecule has 1 aromatic carbocycles. The maximum Gasteiger partial charge on any atom is 0.243 e. The van der Waals surface area contributed by atoms with Gasteiger partial charge in [0.15, 0.2) is 17.0 Å². The first-order valence-electron chi connectivity index (χ1n) is 8.12. The van der Waals surface area contributed by atoms with Crippen LogP contribution in [0.2, 0.25) is 0 Å². The molecule has 9 nitrogen and oxygen atoms in total. The Bertz CT molecular complexity index is 1190. The summed E-state index contributed by atoms with van der Waals surface area (Å²) in [5, 5.41) is 15.8. The number of sulfonamides is 1. The van der Waals surface area contributed by atoms with Crippen molar-refractivity contribution in [3.05, 3.63) is 48.4 Å². The van der Waals surface area contributed by atoms with E-state index in [2.05, 4.69) is 29.9 Å². The molecule has 27 heavy (non-hydrogen) atoms. The molecule has 0 radical (unpaired) electrons. The second-order valence-corrected chi connectivity index (χ2v) is 8.50. The van der Waals surface area contributed by atoms with Crippen LogP contribution in [0.5, 0.6) is 0 Å². The summed E-state index contributed by atoms with van der Waals surface area (Å²) < 4.78 is 35.3. The van der Waals surface area contributed by atoms with Crippen LogP contribution in [0, 0.1) is 0 Å². The number of nitrogens with one attached hydrogen (secondary N) is 1. The van der Waals surface area contributed by atoms with Gasteiger partial charge in [-0.25, -0.2) is 17.8 Å². The van der Waals surface area contributed by atoms with Crippen molar-refractivity contribution in [2.24, 2.45) is 0 Å². The first-order chi connectivity index (χ1) is 13.1. The van der Waals surface area contributed by atoms with Crippen molar-refractivity contribution in [3.8, 4) is 0 Å². The quantitative estimate of drug-likeness (QED) is 0.497. The zero-order valence-electron chi connectivity index (χ0n) is 14.3. The zero-order chi connectivity index (χ0) is 18.9. The molecule has 0 unspecified atom stereocenters. The summed E-state index contributed by atoms with van der Waals surface area (Å²) >= 11 is 1.63. The van der Waals surface area contributed by atoms with Crippen LogP contribution in [0.1, 0.15) is 18.3 Å². The van der Waals surface area contributed by atoms with Gasteiger partial charge >= 0.3 is 0 Å². The second kappa shape index (κ2) is 7.25. The lowest BCUT2D eigenvalue weighted by Gasteiger charge is -2.17. The van der Waals surface area contributed by atoms with E-state index in [0.717, 1.165) is 5.75 Å². The van der Waals surface area contributed by atoms with Gasteiger partial charge in [-0.1, -0.05) is 12.1 Å². The maximum atomic E-state index is 13.1. The Morgan fingerprint density at radius 3 is 2.93 bits per heavy atom. The number of fused-ring (bicyclic) bond motifs is 2. The van der Waals surface area contributed by atoms with E-state index in [1.165, 1.54) is 6.07 Å². The Hall–Kier alpha value is -2.50. The van der Waals surface area contributed by atoms with Crippen molar-refractivity contribution >= 4 is 38.5 Å². The molecule has 0 amide bonds. The van der Waals surface area contributed by atoms with Gasteiger partial charge in [-0.15, -0.1) is 10.2 Å². The molecule has 0 bridgehead atoms. The number of aromatic nitrogens is 5. The Kier molecular flexibility index (Phi) is 4.81. The molecule has 0 saturated heterocycles. The third-order valence-electron chi connectivity index (χ3n) is 4.10. The van der Waals surface area contributed by atoms with Crippen molar-refractivity contribution in [2.45, 2.75) is 17.4 Å². The summed E-state index contributed by atoms with van der Waals surface area (Å²) in [7, 11) is -3.88. The molecule has 1 atom stereocenters. The lowest BCUT2D eigenvalue weighted by atomic mass is 10.2. The highest BCUT2D eigenvalue weighted by Gasteiger charge is 2.27. The fraction of sp³-hybridized carbons (Fsp3) is 0.250. The fourth-order valence-corrected chi connectivity index (χ4v) is 4.67. The van der Waals surface area contributed by atoms with E-state index in [0.29, 0.717) is 23.4 Å². The fourth-order valence-electron chi connectivity index (χ4n) is 2.82. The monoisotopic (exact) mass is 404 g/mol. The van der Waals surface area contributed by atoms with Gasteiger partial charge in [0.05, 0.1) is 6.04 Å². The molecule has 0 saturated carbocycles. The van der Waals surface area contributed by atoms with Gasteiger partial charge in [0.2, 0.25) is 10.0 Å². The van der Waals surface area contributed by atoms with Crippen LogP contribution in [0.3, 0.4) is 0 Å². The Morgan fingerprint density at radius 2 is 2.07 bits per heavy atom. The predicted molar refractivity (Wildman–Crippen MR) is 101 cm³/mol. The Labute approximate surface area is 159 Å². The number of nitrogens with zero attached hydrogens (tertiary/aromatic N) is 5. The van der Waals surface area contributed by atoms with Crippen LogP contribution in [-0.4, -0.2) is 45.3 Å². The van der Waals surface area contributed by atoms with Gasteiger partial charge in [0.1, 0.15) is 10.4 Å². The highest BCUT2D eigenvalue weighted by molar-refractivity contribution is 7.98. The third kappa shape index (κ3) is 3.40. The smallest absolute Gasteiger partial charge is 0.243 e. The number of benzene rings is 1. The van der Waals surface area contributed by atoms with Crippen molar-refractivity contribution in [2.75, 3.05) is 12.0 Å². The molecular formula is C16H16N6O3S2. The minimum absolute atomic E-state index is 0.0178. The molecule has 0 aliphatic rings. The van der Waals surface area contributed by atoms with Crippen LogP contribution in [-0.2, 0) is 10.0 Å². The lowest BCUT2D eigenvalue weighted by Crippen LogP contribution is -2.30. The summed E-state index contributed by atoms with van der Waals surface area (Å²) in [5.41, 5.74) is 1.23. The number of thioether (sulfide) groups is 1. The summed E-state index contributed by atoms with van der Waals surface area (Å²) in [4.78, 5) is 0.0178. The normalized spacial score (nSPS) is 13.4. The van der Waals surface area contributed by atoms with Crippen LogP contribution >= 0.6 is 11.8 Å². The van der Waals surface area contributed by atoms with Crippen molar-refractivity contribution < 1.29 is 13.0 Å². The summed E-state index contributed by atoms with van der Waals surface area (Å²) in [6.07, 6.45) is 4.34. The molecule has 3 heterocycles. The van der Waals surface area contributed by atoms with E-state index in [-0.39, 0.29) is 10.4 Å². The summed E-state index contributed by atoms with van der Waals surface area (Å²) in [6.45, 7) is 0. The molecule has 0 aliphatic heterocycles. The maximum absolute atomic E-state index is 13.1. The van der Waals surface area contributed by atoms with Gasteiger partial charge in [-0.2, -0.15) is 11.8 Å². The molecule has 0 aliphatic carbocycles. The van der Waals surface area contributed by atoms with Crippen molar-refractivity contribution in [3.63, 3.8) is 0 Å². The number of hydrogen-bond donors (Lipinski definition) is 1. The van der Waals surface area contributed by atoms with Gasteiger partial charge in [0.25, 0.3) is 0 Å². The first-order valence-corrected chi connectivity index (χ1v) is 11.0. The minimum Gasteiger partial charge on any atom is -0.285 e. The van der Waals surface area contributed by atoms with E-state index in [1.807, 2.05) is 30.7 Å². The number of pyridine rings is 1. The first kappa shape index (κ1) is 17.9. The highest BCUT2D eigenvalue weighted by Crippen LogP contribution is 2.24. The summed E-state index contributed by atoms with van der Waals surface area (Å²) in [5.74, 6) is 1.29. The molecule has 4 rings (SSSR count). The minimum atomic E-state index is -3.88. The SMILES string of the molecule is CSCC[C@@H](NS(=O)(=O)c1cccc2nonc12)c1nnc2ccccn12. The Morgan fingerprint density at radius 1 is 1.19 bits per heavy atom. The topological polar surface area (TPSA) is 115 Å². The molecule has 0 spiro atoms. The molecule has 11 heteroatoms. The van der Waals surface area contributed by atoms with Crippen LogP contribution in [0.4, 0.5) is 0 Å². The van der Waals surface area contributed by atoms with Crippen LogP contribution in [0.15, 0.2) is 52.1 Å². The average Bonchev–Trinajstić information content (AvgIpc) is 3.31. The lowest BCUT2D eigenvalue weighted by molar-refractivity contribution is 0.315. The molecular weight excluding hydrogens is 388 g/mol. The standard InChI is InChI=1S/C16H16N6O3S2/c1-26-10-8-12(16-18-17-14-7-2-3-9-22(14)16)21-27(23,24)13-6-4-5-11-15(13)20-25-19-11/h2-7,9,12,21H,8,10H2,1H3/t12-/m1/s1. The summed E-state index contributed by atoms with van der Waals surface area (Å²) in [6, 6.07) is 9.69. The van der Waals surface area contributed by atoms with E-state index in [9.17, 15) is 8.42 Å². The van der Waals surface area contributed by atoms with Crippen LogP contribution in [0.25, 0.3) is 16.7 Å². The van der Waals surface area contributed by atoms with E-state index >= 15 is 0 Å². The Balaban J connectivity index is 1.74. The van der Waals surface area contributed by atoms with E-state index in [1.54, 1.807) is 28.3 Å². The average molecular weight is 404 g/mol. The third-order valence-corrected chi connectivity index (χ3v) is 6.25. The largest absolute Gasteiger partial charge is 0.285 e. The van der Waals surface area contributed by atoms with E-state index in [4.69, 9.17) is 0 Å².